The summed E-state index contributed by atoms with van der Waals surface area (Å²) in [5.74, 6) is -0.479. The lowest BCUT2D eigenvalue weighted by molar-refractivity contribution is 0.633. The minimum atomic E-state index is -0.479. The first-order valence-corrected chi connectivity index (χ1v) is 4.59. The Morgan fingerprint density at radius 2 is 1.44 bits per heavy atom. The second kappa shape index (κ2) is 4.66. The predicted molar refractivity (Wildman–Crippen MR) is 67.4 cm³/mol. The minimum absolute atomic E-state index is 0. The van der Waals surface area contributed by atoms with Crippen molar-refractivity contribution in [3.63, 3.8) is 0 Å². The van der Waals surface area contributed by atoms with E-state index in [-0.39, 0.29) is 13.1 Å². The third-order valence-electron chi connectivity index (χ3n) is 2.32. The number of nitrogen functional groups attached to an aromatic ring is 2. The normalized spacial score (nSPS) is 9.56. The summed E-state index contributed by atoms with van der Waals surface area (Å²) >= 11 is 0. The standard InChI is InChI=1S/C12H11FN2.CH4/c13-10-7-6-9(11(14)12(10)15)8-4-2-1-3-5-8;/h1-7H,14-15H2;1H4. The zero-order valence-electron chi connectivity index (χ0n) is 8.07. The van der Waals surface area contributed by atoms with Crippen molar-refractivity contribution in [2.75, 3.05) is 11.5 Å². The molecule has 0 aliphatic rings. The molecule has 0 aliphatic heterocycles. The fourth-order valence-corrected chi connectivity index (χ4v) is 1.48. The highest BCUT2D eigenvalue weighted by Gasteiger charge is 2.08. The lowest BCUT2D eigenvalue weighted by Crippen LogP contribution is -2.00. The largest absolute Gasteiger partial charge is 0.396 e. The first kappa shape index (κ1) is 12.0. The van der Waals surface area contributed by atoms with Crippen molar-refractivity contribution in [2.24, 2.45) is 0 Å². The van der Waals surface area contributed by atoms with Gasteiger partial charge in [0.05, 0.1) is 11.4 Å². The van der Waals surface area contributed by atoms with Crippen LogP contribution in [0.5, 0.6) is 0 Å². The van der Waals surface area contributed by atoms with E-state index in [2.05, 4.69) is 0 Å². The van der Waals surface area contributed by atoms with E-state index in [1.165, 1.54) is 6.07 Å². The first-order valence-electron chi connectivity index (χ1n) is 4.59. The molecular formula is C13H15FN2. The van der Waals surface area contributed by atoms with E-state index in [4.69, 9.17) is 11.5 Å². The maximum atomic E-state index is 13.1. The zero-order valence-corrected chi connectivity index (χ0v) is 8.07. The number of halogens is 1. The molecule has 0 atom stereocenters. The molecule has 16 heavy (non-hydrogen) atoms. The fourth-order valence-electron chi connectivity index (χ4n) is 1.48. The molecule has 0 aromatic heterocycles. The van der Waals surface area contributed by atoms with Crippen LogP contribution in [-0.4, -0.2) is 0 Å². The van der Waals surface area contributed by atoms with Gasteiger partial charge in [0.1, 0.15) is 5.82 Å². The van der Waals surface area contributed by atoms with E-state index >= 15 is 0 Å². The van der Waals surface area contributed by atoms with Gasteiger partial charge in [-0.15, -0.1) is 0 Å². The molecule has 3 heteroatoms. The lowest BCUT2D eigenvalue weighted by Gasteiger charge is -2.08. The first-order chi connectivity index (χ1) is 7.20. The molecule has 2 nitrogen and oxygen atoms in total. The Hall–Kier alpha value is -2.03. The highest BCUT2D eigenvalue weighted by atomic mass is 19.1. The molecule has 0 spiro atoms. The van der Waals surface area contributed by atoms with E-state index in [0.717, 1.165) is 11.1 Å². The van der Waals surface area contributed by atoms with Crippen molar-refractivity contribution in [1.82, 2.24) is 0 Å². The molecule has 0 radical (unpaired) electrons. The molecule has 0 amide bonds. The maximum Gasteiger partial charge on any atom is 0.148 e. The van der Waals surface area contributed by atoms with E-state index in [1.807, 2.05) is 30.3 Å². The highest BCUT2D eigenvalue weighted by molar-refractivity contribution is 5.84. The second-order valence-corrected chi connectivity index (χ2v) is 3.29. The van der Waals surface area contributed by atoms with Gasteiger partial charge in [0.15, 0.2) is 0 Å². The number of nitrogens with two attached hydrogens (primary N) is 2. The van der Waals surface area contributed by atoms with Gasteiger partial charge in [-0.05, 0) is 17.7 Å². The molecular weight excluding hydrogens is 203 g/mol. The number of anilines is 2. The van der Waals surface area contributed by atoms with Crippen molar-refractivity contribution in [1.29, 1.82) is 0 Å². The van der Waals surface area contributed by atoms with Gasteiger partial charge >= 0.3 is 0 Å². The third-order valence-corrected chi connectivity index (χ3v) is 2.32. The second-order valence-electron chi connectivity index (χ2n) is 3.29. The SMILES string of the molecule is C.Nc1c(F)ccc(-c2ccccc2)c1N. The van der Waals surface area contributed by atoms with Crippen LogP contribution < -0.4 is 11.5 Å². The van der Waals surface area contributed by atoms with Gasteiger partial charge < -0.3 is 11.5 Å². The topological polar surface area (TPSA) is 52.0 Å². The molecule has 0 heterocycles. The molecule has 0 bridgehead atoms. The molecule has 2 rings (SSSR count). The number of rotatable bonds is 1. The lowest BCUT2D eigenvalue weighted by atomic mass is 10.0. The number of hydrogen-bond donors (Lipinski definition) is 2. The molecule has 2 aromatic rings. The maximum absolute atomic E-state index is 13.1. The quantitative estimate of drug-likeness (QED) is 0.721. The van der Waals surface area contributed by atoms with E-state index < -0.39 is 5.82 Å². The fraction of sp³-hybridized carbons (Fsp3) is 0.0769. The van der Waals surface area contributed by atoms with Crippen molar-refractivity contribution in [3.05, 3.63) is 48.3 Å². The molecule has 0 saturated carbocycles. The summed E-state index contributed by atoms with van der Waals surface area (Å²) < 4.78 is 13.1. The molecule has 0 aliphatic carbocycles. The zero-order chi connectivity index (χ0) is 10.8. The van der Waals surface area contributed by atoms with Crippen LogP contribution in [0.2, 0.25) is 0 Å². The van der Waals surface area contributed by atoms with E-state index in [1.54, 1.807) is 6.07 Å². The summed E-state index contributed by atoms with van der Waals surface area (Å²) in [5.41, 5.74) is 13.3. The predicted octanol–water partition coefficient (Wildman–Crippen LogP) is 3.29. The molecule has 84 valence electrons. The molecule has 0 saturated heterocycles. The summed E-state index contributed by atoms with van der Waals surface area (Å²) in [7, 11) is 0. The molecule has 2 aromatic carbocycles. The van der Waals surface area contributed by atoms with Crippen LogP contribution in [0.4, 0.5) is 15.8 Å². The van der Waals surface area contributed by atoms with Crippen LogP contribution in [0, 0.1) is 5.82 Å². The van der Waals surface area contributed by atoms with Gasteiger partial charge in [0, 0.05) is 5.56 Å². The minimum Gasteiger partial charge on any atom is -0.396 e. The van der Waals surface area contributed by atoms with Crippen LogP contribution in [0.1, 0.15) is 7.43 Å². The number of benzene rings is 2. The summed E-state index contributed by atoms with van der Waals surface area (Å²) in [6.45, 7) is 0. The van der Waals surface area contributed by atoms with Gasteiger partial charge in [-0.1, -0.05) is 37.8 Å². The Balaban J connectivity index is 0.00000128. The van der Waals surface area contributed by atoms with Gasteiger partial charge in [0.2, 0.25) is 0 Å². The average Bonchev–Trinajstić information content (AvgIpc) is 2.27. The molecule has 0 unspecified atom stereocenters. The van der Waals surface area contributed by atoms with Crippen molar-refractivity contribution < 1.29 is 4.39 Å². The van der Waals surface area contributed by atoms with Crippen molar-refractivity contribution in [3.8, 4) is 11.1 Å². The van der Waals surface area contributed by atoms with Gasteiger partial charge in [-0.25, -0.2) is 4.39 Å². The Labute approximate surface area is 94.7 Å². The molecule has 4 N–H and O–H groups in total. The Morgan fingerprint density at radius 3 is 2.06 bits per heavy atom. The third kappa shape index (κ3) is 1.98. The van der Waals surface area contributed by atoms with Crippen molar-refractivity contribution >= 4 is 11.4 Å². The smallest absolute Gasteiger partial charge is 0.148 e. The highest BCUT2D eigenvalue weighted by Crippen LogP contribution is 2.31. The van der Waals surface area contributed by atoms with Crippen LogP contribution in [0.25, 0.3) is 11.1 Å². The summed E-state index contributed by atoms with van der Waals surface area (Å²) in [4.78, 5) is 0. The average molecular weight is 218 g/mol. The van der Waals surface area contributed by atoms with Crippen LogP contribution >= 0.6 is 0 Å². The van der Waals surface area contributed by atoms with Crippen molar-refractivity contribution in [2.45, 2.75) is 7.43 Å². The van der Waals surface area contributed by atoms with Crippen LogP contribution in [-0.2, 0) is 0 Å². The van der Waals surface area contributed by atoms with Crippen LogP contribution in [0.15, 0.2) is 42.5 Å². The van der Waals surface area contributed by atoms with Crippen LogP contribution in [0.3, 0.4) is 0 Å². The van der Waals surface area contributed by atoms with Gasteiger partial charge in [-0.3, -0.25) is 0 Å². The Bertz CT molecular complexity index is 481. The van der Waals surface area contributed by atoms with Gasteiger partial charge in [0.25, 0.3) is 0 Å². The Morgan fingerprint density at radius 1 is 0.812 bits per heavy atom. The number of hydrogen-bond acceptors (Lipinski definition) is 2. The summed E-state index contributed by atoms with van der Waals surface area (Å²) in [5, 5.41) is 0. The van der Waals surface area contributed by atoms with E-state index in [0.29, 0.717) is 5.69 Å². The van der Waals surface area contributed by atoms with E-state index in [9.17, 15) is 4.39 Å². The Kier molecular flexibility index (Phi) is 3.51. The monoisotopic (exact) mass is 218 g/mol. The van der Waals surface area contributed by atoms with Gasteiger partial charge in [-0.2, -0.15) is 0 Å². The summed E-state index contributed by atoms with van der Waals surface area (Å²) in [6, 6.07) is 12.5. The molecule has 0 fully saturated rings. The summed E-state index contributed by atoms with van der Waals surface area (Å²) in [6.07, 6.45) is 0.